The van der Waals surface area contributed by atoms with Crippen molar-refractivity contribution >= 4 is 0 Å². The van der Waals surface area contributed by atoms with E-state index < -0.39 is 0 Å². The van der Waals surface area contributed by atoms with Crippen LogP contribution in [0, 0.1) is 13.8 Å². The van der Waals surface area contributed by atoms with Crippen molar-refractivity contribution in [3.63, 3.8) is 0 Å². The van der Waals surface area contributed by atoms with Crippen molar-refractivity contribution in [2.75, 3.05) is 6.61 Å². The predicted octanol–water partition coefficient (Wildman–Crippen LogP) is 3.87. The molecule has 0 radical (unpaired) electrons. The summed E-state index contributed by atoms with van der Waals surface area (Å²) in [4.78, 5) is 0. The number of fused-ring (bicyclic) bond motifs is 1. The van der Waals surface area contributed by atoms with Gasteiger partial charge in [0, 0.05) is 12.5 Å². The number of benzene rings is 2. The first-order valence-electron chi connectivity index (χ1n) is 7.71. The molecule has 0 amide bonds. The van der Waals surface area contributed by atoms with Crippen molar-refractivity contribution in [2.45, 2.75) is 39.2 Å². The van der Waals surface area contributed by atoms with E-state index in [1.54, 1.807) is 0 Å². The van der Waals surface area contributed by atoms with Crippen molar-refractivity contribution in [1.82, 2.24) is 0 Å². The average molecular weight is 281 g/mol. The SMILES string of the molecule is Cc1cccc(C(N)CCc2ccc3c(c2)CCO3)c1C. The molecule has 2 aromatic rings. The topological polar surface area (TPSA) is 35.2 Å². The van der Waals surface area contributed by atoms with E-state index in [0.29, 0.717) is 0 Å². The third-order valence-electron chi connectivity index (χ3n) is 4.54. The molecule has 0 saturated heterocycles. The number of hydrogen-bond acceptors (Lipinski definition) is 2. The van der Waals surface area contributed by atoms with Crippen molar-refractivity contribution in [1.29, 1.82) is 0 Å². The molecule has 1 heterocycles. The Morgan fingerprint density at radius 3 is 2.90 bits per heavy atom. The van der Waals surface area contributed by atoms with Gasteiger partial charge in [0.05, 0.1) is 6.61 Å². The molecule has 110 valence electrons. The summed E-state index contributed by atoms with van der Waals surface area (Å²) in [5, 5.41) is 0. The van der Waals surface area contributed by atoms with Gasteiger partial charge in [0.2, 0.25) is 0 Å². The van der Waals surface area contributed by atoms with Gasteiger partial charge < -0.3 is 10.5 Å². The molecule has 3 rings (SSSR count). The minimum atomic E-state index is 0.106. The maximum absolute atomic E-state index is 6.40. The van der Waals surface area contributed by atoms with Crippen LogP contribution < -0.4 is 10.5 Å². The van der Waals surface area contributed by atoms with E-state index in [1.807, 2.05) is 0 Å². The Hall–Kier alpha value is -1.80. The van der Waals surface area contributed by atoms with Crippen LogP contribution >= 0.6 is 0 Å². The fraction of sp³-hybridized carbons (Fsp3) is 0.368. The van der Waals surface area contributed by atoms with Crippen molar-refractivity contribution in [3.05, 3.63) is 64.2 Å². The molecule has 1 aliphatic heterocycles. The van der Waals surface area contributed by atoms with Crippen LogP contribution in [0.25, 0.3) is 0 Å². The minimum Gasteiger partial charge on any atom is -0.493 e. The Morgan fingerprint density at radius 2 is 2.05 bits per heavy atom. The first-order valence-corrected chi connectivity index (χ1v) is 7.71. The summed E-state index contributed by atoms with van der Waals surface area (Å²) in [6, 6.07) is 13.0. The quantitative estimate of drug-likeness (QED) is 0.923. The summed E-state index contributed by atoms with van der Waals surface area (Å²) >= 11 is 0. The van der Waals surface area contributed by atoms with Crippen molar-refractivity contribution in [2.24, 2.45) is 5.73 Å². The monoisotopic (exact) mass is 281 g/mol. The van der Waals surface area contributed by atoms with Gasteiger partial charge in [0.1, 0.15) is 5.75 Å². The molecule has 0 aliphatic carbocycles. The Morgan fingerprint density at radius 1 is 1.19 bits per heavy atom. The van der Waals surface area contributed by atoms with Crippen molar-refractivity contribution in [3.8, 4) is 5.75 Å². The molecule has 0 saturated carbocycles. The molecule has 0 aromatic heterocycles. The molecule has 1 unspecified atom stereocenters. The molecule has 21 heavy (non-hydrogen) atoms. The molecule has 0 bridgehead atoms. The van der Waals surface area contributed by atoms with Crippen LogP contribution in [-0.4, -0.2) is 6.61 Å². The van der Waals surface area contributed by atoms with Gasteiger partial charge in [-0.3, -0.25) is 0 Å². The van der Waals surface area contributed by atoms with Gasteiger partial charge in [-0.15, -0.1) is 0 Å². The lowest BCUT2D eigenvalue weighted by Crippen LogP contribution is -2.13. The van der Waals surface area contributed by atoms with Gasteiger partial charge in [0.15, 0.2) is 0 Å². The molecule has 2 aromatic carbocycles. The van der Waals surface area contributed by atoms with Crippen LogP contribution in [0.4, 0.5) is 0 Å². The normalized spacial score (nSPS) is 14.6. The number of ether oxygens (including phenoxy) is 1. The number of aryl methyl sites for hydroxylation is 2. The van der Waals surface area contributed by atoms with E-state index >= 15 is 0 Å². The molecule has 1 atom stereocenters. The van der Waals surface area contributed by atoms with E-state index in [9.17, 15) is 0 Å². The summed E-state index contributed by atoms with van der Waals surface area (Å²) in [7, 11) is 0. The number of rotatable bonds is 4. The second-order valence-electron chi connectivity index (χ2n) is 5.97. The van der Waals surface area contributed by atoms with Gasteiger partial charge >= 0.3 is 0 Å². The Bertz CT molecular complexity index is 648. The zero-order valence-corrected chi connectivity index (χ0v) is 12.9. The van der Waals surface area contributed by atoms with Gasteiger partial charge in [-0.05, 0) is 60.6 Å². The smallest absolute Gasteiger partial charge is 0.122 e. The third-order valence-corrected chi connectivity index (χ3v) is 4.54. The highest BCUT2D eigenvalue weighted by atomic mass is 16.5. The minimum absolute atomic E-state index is 0.106. The Labute approximate surface area is 126 Å². The van der Waals surface area contributed by atoms with Crippen LogP contribution in [-0.2, 0) is 12.8 Å². The fourth-order valence-corrected chi connectivity index (χ4v) is 3.05. The van der Waals surface area contributed by atoms with Crippen LogP contribution in [0.15, 0.2) is 36.4 Å². The highest BCUT2D eigenvalue weighted by Gasteiger charge is 2.14. The Kier molecular flexibility index (Phi) is 3.98. The highest BCUT2D eigenvalue weighted by molar-refractivity contribution is 5.40. The van der Waals surface area contributed by atoms with Crippen LogP contribution in [0.3, 0.4) is 0 Å². The van der Waals surface area contributed by atoms with E-state index in [1.165, 1.54) is 27.8 Å². The van der Waals surface area contributed by atoms with Crippen molar-refractivity contribution < 1.29 is 4.74 Å². The molecule has 1 aliphatic rings. The second-order valence-corrected chi connectivity index (χ2v) is 5.97. The van der Waals surface area contributed by atoms with Gasteiger partial charge in [0.25, 0.3) is 0 Å². The molecular weight excluding hydrogens is 258 g/mol. The Balaban J connectivity index is 1.68. The number of hydrogen-bond donors (Lipinski definition) is 1. The maximum atomic E-state index is 6.40. The highest BCUT2D eigenvalue weighted by Crippen LogP contribution is 2.28. The third kappa shape index (κ3) is 2.96. The first kappa shape index (κ1) is 14.2. The van der Waals surface area contributed by atoms with Gasteiger partial charge in [-0.2, -0.15) is 0 Å². The molecule has 0 spiro atoms. The van der Waals surface area contributed by atoms with Gasteiger partial charge in [-0.1, -0.05) is 30.3 Å². The molecule has 2 nitrogen and oxygen atoms in total. The fourth-order valence-electron chi connectivity index (χ4n) is 3.05. The van der Waals surface area contributed by atoms with Crippen LogP contribution in [0.1, 0.15) is 40.3 Å². The zero-order valence-electron chi connectivity index (χ0n) is 12.9. The van der Waals surface area contributed by atoms with E-state index in [4.69, 9.17) is 10.5 Å². The van der Waals surface area contributed by atoms with E-state index in [0.717, 1.165) is 31.6 Å². The molecule has 0 fully saturated rings. The summed E-state index contributed by atoms with van der Waals surface area (Å²) in [5.41, 5.74) is 13.0. The zero-order chi connectivity index (χ0) is 14.8. The summed E-state index contributed by atoms with van der Waals surface area (Å²) in [5.74, 6) is 1.05. The first-order chi connectivity index (χ1) is 10.1. The largest absolute Gasteiger partial charge is 0.493 e. The lowest BCUT2D eigenvalue weighted by atomic mass is 9.93. The number of nitrogens with two attached hydrogens (primary N) is 1. The molecule has 2 heteroatoms. The summed E-state index contributed by atoms with van der Waals surface area (Å²) in [6.45, 7) is 5.13. The predicted molar refractivity (Wildman–Crippen MR) is 86.8 cm³/mol. The average Bonchev–Trinajstić information content (AvgIpc) is 2.95. The van der Waals surface area contributed by atoms with E-state index in [2.05, 4.69) is 50.2 Å². The van der Waals surface area contributed by atoms with Crippen LogP contribution in [0.2, 0.25) is 0 Å². The van der Waals surface area contributed by atoms with Crippen LogP contribution in [0.5, 0.6) is 5.75 Å². The summed E-state index contributed by atoms with van der Waals surface area (Å²) < 4.78 is 5.55. The molecule has 2 N–H and O–H groups in total. The van der Waals surface area contributed by atoms with Gasteiger partial charge in [-0.25, -0.2) is 0 Å². The van der Waals surface area contributed by atoms with E-state index in [-0.39, 0.29) is 6.04 Å². The molecular formula is C19H23NO. The maximum Gasteiger partial charge on any atom is 0.122 e. The lowest BCUT2D eigenvalue weighted by molar-refractivity contribution is 0.357. The standard InChI is InChI=1S/C19H23NO/c1-13-4-3-5-17(14(13)2)18(20)8-6-15-7-9-19-16(12-15)10-11-21-19/h3-5,7,9,12,18H,6,8,10-11,20H2,1-2H3. The lowest BCUT2D eigenvalue weighted by Gasteiger charge is -2.16. The summed E-state index contributed by atoms with van der Waals surface area (Å²) in [6.07, 6.45) is 3.03. The second kappa shape index (κ2) is 5.90.